The number of nitrogens with zero attached hydrogens (tertiary/aromatic N) is 4. The zero-order valence-corrected chi connectivity index (χ0v) is 16.7. The maximum Gasteiger partial charge on any atom is 0.236 e. The smallest absolute Gasteiger partial charge is 0.236 e. The van der Waals surface area contributed by atoms with E-state index in [4.69, 9.17) is 0 Å². The fourth-order valence-electron chi connectivity index (χ4n) is 4.61. The molecule has 0 saturated carbocycles. The molecule has 2 amide bonds. The van der Waals surface area contributed by atoms with Gasteiger partial charge in [0.25, 0.3) is 0 Å². The van der Waals surface area contributed by atoms with Crippen LogP contribution in [-0.4, -0.2) is 95.9 Å². The first-order chi connectivity index (χ1) is 12.5. The summed E-state index contributed by atoms with van der Waals surface area (Å²) in [5.74, 6) is 0.563. The molecular weight excluding hydrogens is 328 g/mol. The van der Waals surface area contributed by atoms with E-state index in [2.05, 4.69) is 33.4 Å². The van der Waals surface area contributed by atoms with Gasteiger partial charge < -0.3 is 9.80 Å². The predicted molar refractivity (Wildman–Crippen MR) is 103 cm³/mol. The van der Waals surface area contributed by atoms with Gasteiger partial charge in [0.2, 0.25) is 11.8 Å². The summed E-state index contributed by atoms with van der Waals surface area (Å²) in [5, 5.41) is 0. The molecule has 26 heavy (non-hydrogen) atoms. The molecule has 3 rings (SSSR count). The van der Waals surface area contributed by atoms with Gasteiger partial charge in [-0.05, 0) is 52.4 Å². The van der Waals surface area contributed by atoms with Crippen molar-refractivity contribution in [1.29, 1.82) is 0 Å². The van der Waals surface area contributed by atoms with Gasteiger partial charge in [0.1, 0.15) is 0 Å². The molecule has 6 nitrogen and oxygen atoms in total. The van der Waals surface area contributed by atoms with Crippen LogP contribution in [0, 0.1) is 0 Å². The number of carbonyl (C=O) groups is 2. The van der Waals surface area contributed by atoms with Gasteiger partial charge >= 0.3 is 0 Å². The van der Waals surface area contributed by atoms with Crippen molar-refractivity contribution >= 4 is 11.8 Å². The van der Waals surface area contributed by atoms with Crippen molar-refractivity contribution < 1.29 is 9.59 Å². The summed E-state index contributed by atoms with van der Waals surface area (Å²) in [6.07, 6.45) is 7.04. The van der Waals surface area contributed by atoms with Crippen molar-refractivity contribution in [3.8, 4) is 0 Å². The van der Waals surface area contributed by atoms with Crippen molar-refractivity contribution in [1.82, 2.24) is 19.6 Å². The summed E-state index contributed by atoms with van der Waals surface area (Å²) in [4.78, 5) is 33.8. The second-order valence-corrected chi connectivity index (χ2v) is 8.42. The highest BCUT2D eigenvalue weighted by molar-refractivity contribution is 5.79. The second-order valence-electron chi connectivity index (χ2n) is 8.42. The highest BCUT2D eigenvalue weighted by atomic mass is 16.2. The van der Waals surface area contributed by atoms with E-state index in [1.165, 1.54) is 12.8 Å². The fourth-order valence-corrected chi connectivity index (χ4v) is 4.61. The number of amides is 2. The molecule has 2 atom stereocenters. The topological polar surface area (TPSA) is 47.1 Å². The van der Waals surface area contributed by atoms with Gasteiger partial charge in [-0.25, -0.2) is 0 Å². The maximum atomic E-state index is 12.6. The van der Waals surface area contributed by atoms with Gasteiger partial charge in [0, 0.05) is 51.4 Å². The number of carbonyl (C=O) groups excluding carboxylic acids is 2. The quantitative estimate of drug-likeness (QED) is 0.757. The molecule has 3 aliphatic heterocycles. The van der Waals surface area contributed by atoms with Gasteiger partial charge in [-0.15, -0.1) is 0 Å². The first kappa shape index (κ1) is 19.6. The Kier molecular flexibility index (Phi) is 6.92. The Morgan fingerprint density at radius 2 is 1.04 bits per heavy atom. The van der Waals surface area contributed by atoms with Gasteiger partial charge in [0.15, 0.2) is 0 Å². The lowest BCUT2D eigenvalue weighted by Crippen LogP contribution is -2.54. The number of hydrogen-bond acceptors (Lipinski definition) is 4. The second kappa shape index (κ2) is 9.18. The number of likely N-dealkylation sites (tertiary alicyclic amines) is 2. The highest BCUT2D eigenvalue weighted by Gasteiger charge is 2.28. The van der Waals surface area contributed by atoms with Crippen LogP contribution in [0.15, 0.2) is 0 Å². The molecule has 3 heterocycles. The normalized spacial score (nSPS) is 29.0. The largest absolute Gasteiger partial charge is 0.339 e. The Bertz CT molecular complexity index is 446. The summed E-state index contributed by atoms with van der Waals surface area (Å²) in [5.41, 5.74) is 0. The zero-order valence-electron chi connectivity index (χ0n) is 16.7. The predicted octanol–water partition coefficient (Wildman–Crippen LogP) is 1.41. The van der Waals surface area contributed by atoms with E-state index in [1.54, 1.807) is 0 Å². The van der Waals surface area contributed by atoms with E-state index in [9.17, 15) is 9.59 Å². The van der Waals surface area contributed by atoms with Crippen molar-refractivity contribution in [3.63, 3.8) is 0 Å². The van der Waals surface area contributed by atoms with Crippen LogP contribution in [-0.2, 0) is 9.59 Å². The summed E-state index contributed by atoms with van der Waals surface area (Å²) < 4.78 is 0. The fraction of sp³-hybridized carbons (Fsp3) is 0.900. The maximum absolute atomic E-state index is 12.6. The third-order valence-corrected chi connectivity index (χ3v) is 6.43. The average Bonchev–Trinajstić information content (AvgIpc) is 2.64. The van der Waals surface area contributed by atoms with Crippen LogP contribution >= 0.6 is 0 Å². The molecule has 148 valence electrons. The molecule has 0 aliphatic carbocycles. The van der Waals surface area contributed by atoms with E-state index in [0.29, 0.717) is 25.2 Å². The minimum absolute atomic E-state index is 0.281. The Labute approximate surface area is 158 Å². The van der Waals surface area contributed by atoms with Crippen LogP contribution in [0.2, 0.25) is 0 Å². The standard InChI is InChI=1S/C20H36N4O2/c1-17-7-3-5-9-23(17)19(25)15-21-11-13-22(14-12-21)16-20(26)24-10-6-4-8-18(24)2/h17-18H,3-16H2,1-2H3. The van der Waals surface area contributed by atoms with E-state index in [1.807, 2.05) is 0 Å². The Hall–Kier alpha value is -1.14. The van der Waals surface area contributed by atoms with Crippen LogP contribution in [0.3, 0.4) is 0 Å². The molecule has 0 spiro atoms. The summed E-state index contributed by atoms with van der Waals surface area (Å²) in [7, 11) is 0. The Balaban J connectivity index is 1.40. The SMILES string of the molecule is CC1CCCCN1C(=O)CN1CCN(CC(=O)N2CCCCC2C)CC1. The van der Waals surface area contributed by atoms with Crippen LogP contribution in [0.1, 0.15) is 52.4 Å². The molecule has 3 saturated heterocycles. The number of hydrogen-bond donors (Lipinski definition) is 0. The number of piperazine rings is 1. The third kappa shape index (κ3) is 4.97. The molecule has 2 unspecified atom stereocenters. The molecule has 0 N–H and O–H groups in total. The molecule has 0 bridgehead atoms. The minimum atomic E-state index is 0.281. The van der Waals surface area contributed by atoms with Crippen LogP contribution in [0.5, 0.6) is 0 Å². The van der Waals surface area contributed by atoms with Crippen molar-refractivity contribution in [2.75, 3.05) is 52.4 Å². The monoisotopic (exact) mass is 364 g/mol. The first-order valence-electron chi connectivity index (χ1n) is 10.6. The van der Waals surface area contributed by atoms with Crippen molar-refractivity contribution in [2.45, 2.75) is 64.5 Å². The molecule has 0 aromatic carbocycles. The molecule has 3 aliphatic rings. The van der Waals surface area contributed by atoms with E-state index in [-0.39, 0.29) is 11.8 Å². The Morgan fingerprint density at radius 3 is 1.38 bits per heavy atom. The number of rotatable bonds is 4. The van der Waals surface area contributed by atoms with Crippen LogP contribution in [0.4, 0.5) is 0 Å². The van der Waals surface area contributed by atoms with Gasteiger partial charge in [-0.3, -0.25) is 19.4 Å². The molecule has 0 radical (unpaired) electrons. The van der Waals surface area contributed by atoms with E-state index in [0.717, 1.165) is 65.0 Å². The minimum Gasteiger partial charge on any atom is -0.339 e. The van der Waals surface area contributed by atoms with Crippen molar-refractivity contribution in [3.05, 3.63) is 0 Å². The Morgan fingerprint density at radius 1 is 0.654 bits per heavy atom. The molecule has 6 heteroatoms. The van der Waals surface area contributed by atoms with E-state index < -0.39 is 0 Å². The van der Waals surface area contributed by atoms with Crippen LogP contribution in [0.25, 0.3) is 0 Å². The third-order valence-electron chi connectivity index (χ3n) is 6.43. The lowest BCUT2D eigenvalue weighted by molar-refractivity contribution is -0.138. The molecule has 0 aromatic heterocycles. The van der Waals surface area contributed by atoms with Crippen LogP contribution < -0.4 is 0 Å². The van der Waals surface area contributed by atoms with Gasteiger partial charge in [0.05, 0.1) is 13.1 Å². The molecule has 3 fully saturated rings. The lowest BCUT2D eigenvalue weighted by atomic mass is 10.0. The van der Waals surface area contributed by atoms with Gasteiger partial charge in [-0.2, -0.15) is 0 Å². The summed E-state index contributed by atoms with van der Waals surface area (Å²) in [6.45, 7) is 10.8. The van der Waals surface area contributed by atoms with Crippen molar-refractivity contribution in [2.24, 2.45) is 0 Å². The summed E-state index contributed by atoms with van der Waals surface area (Å²) >= 11 is 0. The average molecular weight is 365 g/mol. The molecule has 0 aromatic rings. The lowest BCUT2D eigenvalue weighted by Gasteiger charge is -2.39. The highest BCUT2D eigenvalue weighted by Crippen LogP contribution is 2.18. The number of piperidine rings is 2. The van der Waals surface area contributed by atoms with E-state index >= 15 is 0 Å². The zero-order chi connectivity index (χ0) is 18.5. The molecular formula is C20H36N4O2. The summed E-state index contributed by atoms with van der Waals surface area (Å²) in [6, 6.07) is 0.781. The first-order valence-corrected chi connectivity index (χ1v) is 10.6. The van der Waals surface area contributed by atoms with Gasteiger partial charge in [-0.1, -0.05) is 0 Å².